The molecule has 0 bridgehead atoms. The van der Waals surface area contributed by atoms with Crippen LogP contribution >= 0.6 is 0 Å². The van der Waals surface area contributed by atoms with Gasteiger partial charge in [-0.1, -0.05) is 0 Å². The average molecular weight is 208 g/mol. The summed E-state index contributed by atoms with van der Waals surface area (Å²) in [6, 6.07) is 5.87. The standard InChI is InChI=1S/C12H20N2O/c1-9(2)15-7-6-14-12-5-4-11(13)8-10(12)3/h4-5,8-9,14H,6-7,13H2,1-3H3. The van der Waals surface area contributed by atoms with Crippen LogP contribution in [-0.2, 0) is 4.74 Å². The van der Waals surface area contributed by atoms with Crippen LogP contribution in [-0.4, -0.2) is 19.3 Å². The van der Waals surface area contributed by atoms with Crippen molar-refractivity contribution in [1.29, 1.82) is 0 Å². The van der Waals surface area contributed by atoms with E-state index < -0.39 is 0 Å². The molecule has 0 saturated heterocycles. The van der Waals surface area contributed by atoms with Crippen LogP contribution in [0.25, 0.3) is 0 Å². The molecule has 3 nitrogen and oxygen atoms in total. The van der Waals surface area contributed by atoms with Crippen molar-refractivity contribution in [3.63, 3.8) is 0 Å². The van der Waals surface area contributed by atoms with Crippen LogP contribution in [0.5, 0.6) is 0 Å². The summed E-state index contributed by atoms with van der Waals surface area (Å²) in [4.78, 5) is 0. The van der Waals surface area contributed by atoms with Crippen LogP contribution in [0.3, 0.4) is 0 Å². The monoisotopic (exact) mass is 208 g/mol. The van der Waals surface area contributed by atoms with Crippen molar-refractivity contribution in [2.45, 2.75) is 26.9 Å². The van der Waals surface area contributed by atoms with Crippen LogP contribution in [0.2, 0.25) is 0 Å². The summed E-state index contributed by atoms with van der Waals surface area (Å²) in [6.07, 6.45) is 0.291. The summed E-state index contributed by atoms with van der Waals surface area (Å²) < 4.78 is 5.44. The molecular weight excluding hydrogens is 188 g/mol. The normalized spacial score (nSPS) is 10.7. The number of nitrogens with one attached hydrogen (secondary N) is 1. The first-order valence-electron chi connectivity index (χ1n) is 5.31. The highest BCUT2D eigenvalue weighted by molar-refractivity contribution is 5.57. The first-order chi connectivity index (χ1) is 7.09. The van der Waals surface area contributed by atoms with Gasteiger partial charge < -0.3 is 15.8 Å². The van der Waals surface area contributed by atoms with E-state index in [2.05, 4.69) is 5.32 Å². The van der Waals surface area contributed by atoms with E-state index in [1.54, 1.807) is 0 Å². The highest BCUT2D eigenvalue weighted by Crippen LogP contribution is 2.17. The number of rotatable bonds is 5. The van der Waals surface area contributed by atoms with E-state index in [0.717, 1.165) is 24.5 Å². The van der Waals surface area contributed by atoms with Crippen molar-refractivity contribution in [3.8, 4) is 0 Å². The minimum Gasteiger partial charge on any atom is -0.399 e. The fourth-order valence-corrected chi connectivity index (χ4v) is 1.37. The van der Waals surface area contributed by atoms with Gasteiger partial charge in [0.2, 0.25) is 0 Å². The third kappa shape index (κ3) is 4.21. The lowest BCUT2D eigenvalue weighted by atomic mass is 10.2. The van der Waals surface area contributed by atoms with E-state index in [4.69, 9.17) is 10.5 Å². The highest BCUT2D eigenvalue weighted by Gasteiger charge is 1.98. The molecule has 0 radical (unpaired) electrons. The molecule has 0 aromatic heterocycles. The molecule has 0 unspecified atom stereocenters. The summed E-state index contributed by atoms with van der Waals surface area (Å²) in [7, 11) is 0. The van der Waals surface area contributed by atoms with Gasteiger partial charge in [-0.05, 0) is 44.5 Å². The molecule has 1 rings (SSSR count). The number of ether oxygens (including phenoxy) is 1. The fraction of sp³-hybridized carbons (Fsp3) is 0.500. The number of hydrogen-bond donors (Lipinski definition) is 2. The predicted molar refractivity (Wildman–Crippen MR) is 65.2 cm³/mol. The SMILES string of the molecule is Cc1cc(N)ccc1NCCOC(C)C. The summed E-state index contributed by atoms with van der Waals surface area (Å²) in [6.45, 7) is 7.66. The van der Waals surface area contributed by atoms with E-state index in [0.29, 0.717) is 6.10 Å². The van der Waals surface area contributed by atoms with Gasteiger partial charge in [0.05, 0.1) is 12.7 Å². The zero-order valence-corrected chi connectivity index (χ0v) is 9.71. The zero-order chi connectivity index (χ0) is 11.3. The molecule has 0 saturated carbocycles. The largest absolute Gasteiger partial charge is 0.399 e. The number of anilines is 2. The number of benzene rings is 1. The van der Waals surface area contributed by atoms with E-state index in [-0.39, 0.29) is 0 Å². The van der Waals surface area contributed by atoms with Crippen LogP contribution in [0, 0.1) is 6.92 Å². The Kier molecular flexibility index (Phi) is 4.43. The Labute approximate surface area is 91.6 Å². The molecule has 0 fully saturated rings. The molecule has 0 aliphatic rings. The van der Waals surface area contributed by atoms with Crippen molar-refractivity contribution in [2.75, 3.05) is 24.2 Å². The molecule has 84 valence electrons. The second-order valence-electron chi connectivity index (χ2n) is 3.92. The molecule has 0 aliphatic heterocycles. The van der Waals surface area contributed by atoms with E-state index in [1.807, 2.05) is 39.0 Å². The lowest BCUT2D eigenvalue weighted by Crippen LogP contribution is -2.13. The Morgan fingerprint density at radius 3 is 2.73 bits per heavy atom. The molecule has 3 N–H and O–H groups in total. The molecule has 3 heteroatoms. The van der Waals surface area contributed by atoms with E-state index >= 15 is 0 Å². The third-order valence-electron chi connectivity index (χ3n) is 2.12. The maximum atomic E-state index is 5.67. The number of aryl methyl sites for hydroxylation is 1. The van der Waals surface area contributed by atoms with Crippen molar-refractivity contribution in [3.05, 3.63) is 23.8 Å². The Hall–Kier alpha value is -1.22. The van der Waals surface area contributed by atoms with Gasteiger partial charge in [-0.15, -0.1) is 0 Å². The topological polar surface area (TPSA) is 47.3 Å². The van der Waals surface area contributed by atoms with Crippen LogP contribution < -0.4 is 11.1 Å². The highest BCUT2D eigenvalue weighted by atomic mass is 16.5. The lowest BCUT2D eigenvalue weighted by molar-refractivity contribution is 0.0870. The van der Waals surface area contributed by atoms with Gasteiger partial charge in [-0.25, -0.2) is 0 Å². The molecule has 0 heterocycles. The quantitative estimate of drug-likeness (QED) is 0.577. The van der Waals surface area contributed by atoms with E-state index in [1.165, 1.54) is 5.56 Å². The van der Waals surface area contributed by atoms with Gasteiger partial charge in [0, 0.05) is 17.9 Å². The smallest absolute Gasteiger partial charge is 0.0642 e. The maximum absolute atomic E-state index is 5.67. The van der Waals surface area contributed by atoms with Gasteiger partial charge in [-0.3, -0.25) is 0 Å². The number of nitrogens with two attached hydrogens (primary N) is 1. The first-order valence-corrected chi connectivity index (χ1v) is 5.31. The summed E-state index contributed by atoms with van der Waals surface area (Å²) in [5.74, 6) is 0. The molecule has 0 amide bonds. The van der Waals surface area contributed by atoms with Gasteiger partial charge >= 0.3 is 0 Å². The van der Waals surface area contributed by atoms with Gasteiger partial charge in [0.25, 0.3) is 0 Å². The average Bonchev–Trinajstić information content (AvgIpc) is 2.14. The molecule has 15 heavy (non-hydrogen) atoms. The Bertz CT molecular complexity index is 310. The van der Waals surface area contributed by atoms with Crippen molar-refractivity contribution >= 4 is 11.4 Å². The van der Waals surface area contributed by atoms with Gasteiger partial charge in [-0.2, -0.15) is 0 Å². The first kappa shape index (κ1) is 11.9. The molecule has 1 aromatic rings. The molecule has 0 spiro atoms. The van der Waals surface area contributed by atoms with Crippen molar-refractivity contribution in [1.82, 2.24) is 0 Å². The Balaban J connectivity index is 2.37. The molecule has 0 atom stereocenters. The number of nitrogen functional groups attached to an aromatic ring is 1. The van der Waals surface area contributed by atoms with Gasteiger partial charge in [0.1, 0.15) is 0 Å². The second kappa shape index (κ2) is 5.61. The van der Waals surface area contributed by atoms with Crippen LogP contribution in [0.1, 0.15) is 19.4 Å². The van der Waals surface area contributed by atoms with Crippen LogP contribution in [0.15, 0.2) is 18.2 Å². The van der Waals surface area contributed by atoms with Crippen molar-refractivity contribution < 1.29 is 4.74 Å². The molecule has 0 aliphatic carbocycles. The predicted octanol–water partition coefficient (Wildman–Crippen LogP) is 2.41. The molecular formula is C12H20N2O. The summed E-state index contributed by atoms with van der Waals surface area (Å²) in [5.41, 5.74) is 8.76. The third-order valence-corrected chi connectivity index (χ3v) is 2.12. The minimum atomic E-state index is 0.291. The molecule has 1 aromatic carbocycles. The summed E-state index contributed by atoms with van der Waals surface area (Å²) >= 11 is 0. The van der Waals surface area contributed by atoms with Crippen LogP contribution in [0.4, 0.5) is 11.4 Å². The fourth-order valence-electron chi connectivity index (χ4n) is 1.37. The van der Waals surface area contributed by atoms with Crippen molar-refractivity contribution in [2.24, 2.45) is 0 Å². The minimum absolute atomic E-state index is 0.291. The number of hydrogen-bond acceptors (Lipinski definition) is 3. The summed E-state index contributed by atoms with van der Waals surface area (Å²) in [5, 5.41) is 3.31. The Morgan fingerprint density at radius 1 is 1.40 bits per heavy atom. The Morgan fingerprint density at radius 2 is 2.13 bits per heavy atom. The maximum Gasteiger partial charge on any atom is 0.0642 e. The van der Waals surface area contributed by atoms with Gasteiger partial charge in [0.15, 0.2) is 0 Å². The van der Waals surface area contributed by atoms with E-state index in [9.17, 15) is 0 Å². The second-order valence-corrected chi connectivity index (χ2v) is 3.92. The zero-order valence-electron chi connectivity index (χ0n) is 9.71. The lowest BCUT2D eigenvalue weighted by Gasteiger charge is -2.11.